The normalized spacial score (nSPS) is 9.83. The molecule has 0 fully saturated rings. The molecule has 1 rings (SSSR count). The number of hydrogen-bond donors (Lipinski definition) is 2. The van der Waals surface area contributed by atoms with Gasteiger partial charge in [0.15, 0.2) is 0 Å². The van der Waals surface area contributed by atoms with Gasteiger partial charge in [-0.1, -0.05) is 0 Å². The average molecular weight is 168 g/mol. The van der Waals surface area contributed by atoms with Crippen molar-refractivity contribution in [1.82, 2.24) is 10.3 Å². The molecule has 0 radical (unpaired) electrons. The van der Waals surface area contributed by atoms with Crippen LogP contribution in [0, 0.1) is 0 Å². The molecule has 1 aromatic heterocycles. The maximum Gasteiger partial charge on any atom is 0.354 e. The van der Waals surface area contributed by atoms with Gasteiger partial charge in [0.2, 0.25) is 0 Å². The molecule has 4 heteroatoms. The summed E-state index contributed by atoms with van der Waals surface area (Å²) in [7, 11) is 3.21. The molecular formula is C8H12N2O2. The first-order chi connectivity index (χ1) is 5.77. The molecule has 1 heterocycles. The van der Waals surface area contributed by atoms with Gasteiger partial charge in [-0.25, -0.2) is 4.79 Å². The quantitative estimate of drug-likeness (QED) is 0.647. The van der Waals surface area contributed by atoms with Crippen LogP contribution in [-0.4, -0.2) is 25.1 Å². The molecule has 0 saturated carbocycles. The predicted molar refractivity (Wildman–Crippen MR) is 44.9 cm³/mol. The largest absolute Gasteiger partial charge is 0.464 e. The van der Waals surface area contributed by atoms with Crippen molar-refractivity contribution in [2.24, 2.45) is 0 Å². The molecule has 2 N–H and O–H groups in total. The highest BCUT2D eigenvalue weighted by atomic mass is 16.5. The Morgan fingerprint density at radius 2 is 2.42 bits per heavy atom. The van der Waals surface area contributed by atoms with Crippen LogP contribution in [0.2, 0.25) is 0 Å². The zero-order chi connectivity index (χ0) is 8.97. The van der Waals surface area contributed by atoms with E-state index in [4.69, 9.17) is 0 Å². The Labute approximate surface area is 70.9 Å². The molecule has 0 atom stereocenters. The number of aromatic amines is 1. The third kappa shape index (κ3) is 1.85. The van der Waals surface area contributed by atoms with Crippen LogP contribution in [0.25, 0.3) is 0 Å². The smallest absolute Gasteiger partial charge is 0.354 e. The standard InChI is InChI=1S/C8H12N2O2/c1-9-5-6-3-4-7(10-6)8(11)12-2/h3-4,9-10H,5H2,1-2H3. The number of hydrogen-bond acceptors (Lipinski definition) is 3. The van der Waals surface area contributed by atoms with E-state index in [1.807, 2.05) is 13.1 Å². The molecule has 12 heavy (non-hydrogen) atoms. The summed E-state index contributed by atoms with van der Waals surface area (Å²) in [5.74, 6) is -0.336. The number of ether oxygens (including phenoxy) is 1. The van der Waals surface area contributed by atoms with Gasteiger partial charge >= 0.3 is 5.97 Å². The Morgan fingerprint density at radius 1 is 1.67 bits per heavy atom. The second kappa shape index (κ2) is 3.92. The van der Waals surface area contributed by atoms with Crippen LogP contribution in [0.5, 0.6) is 0 Å². The van der Waals surface area contributed by atoms with Crippen LogP contribution in [0.1, 0.15) is 16.2 Å². The van der Waals surface area contributed by atoms with Crippen LogP contribution in [-0.2, 0) is 11.3 Å². The third-order valence-electron chi connectivity index (χ3n) is 1.52. The second-order valence-electron chi connectivity index (χ2n) is 2.42. The van der Waals surface area contributed by atoms with Gasteiger partial charge in [-0.3, -0.25) is 0 Å². The molecule has 0 unspecified atom stereocenters. The van der Waals surface area contributed by atoms with Crippen molar-refractivity contribution in [3.63, 3.8) is 0 Å². The van der Waals surface area contributed by atoms with Gasteiger partial charge in [-0.05, 0) is 19.2 Å². The molecular weight excluding hydrogens is 156 g/mol. The molecule has 0 amide bonds. The molecule has 0 aliphatic rings. The molecule has 66 valence electrons. The number of carbonyl (C=O) groups excluding carboxylic acids is 1. The summed E-state index contributed by atoms with van der Waals surface area (Å²) in [5.41, 5.74) is 1.46. The highest BCUT2D eigenvalue weighted by Crippen LogP contribution is 2.02. The van der Waals surface area contributed by atoms with E-state index < -0.39 is 0 Å². The third-order valence-corrected chi connectivity index (χ3v) is 1.52. The van der Waals surface area contributed by atoms with Gasteiger partial charge in [0, 0.05) is 12.2 Å². The zero-order valence-corrected chi connectivity index (χ0v) is 7.18. The molecule has 4 nitrogen and oxygen atoms in total. The van der Waals surface area contributed by atoms with Crippen molar-refractivity contribution in [3.8, 4) is 0 Å². The predicted octanol–water partition coefficient (Wildman–Crippen LogP) is 0.521. The molecule has 0 saturated heterocycles. The number of carbonyl (C=O) groups is 1. The van der Waals surface area contributed by atoms with Crippen molar-refractivity contribution in [2.75, 3.05) is 14.2 Å². The minimum absolute atomic E-state index is 0.336. The maximum absolute atomic E-state index is 11.0. The first-order valence-corrected chi connectivity index (χ1v) is 3.68. The Hall–Kier alpha value is -1.29. The first kappa shape index (κ1) is 8.80. The minimum Gasteiger partial charge on any atom is -0.464 e. The van der Waals surface area contributed by atoms with Crippen LogP contribution < -0.4 is 5.32 Å². The lowest BCUT2D eigenvalue weighted by Gasteiger charge is -1.95. The molecule has 0 spiro atoms. The number of methoxy groups -OCH3 is 1. The van der Waals surface area contributed by atoms with Gasteiger partial charge < -0.3 is 15.0 Å². The van der Waals surface area contributed by atoms with E-state index in [2.05, 4.69) is 15.0 Å². The van der Waals surface area contributed by atoms with E-state index in [0.717, 1.165) is 12.2 Å². The van der Waals surface area contributed by atoms with Crippen LogP contribution in [0.3, 0.4) is 0 Å². The fraction of sp³-hybridized carbons (Fsp3) is 0.375. The molecule has 1 aromatic rings. The van der Waals surface area contributed by atoms with Gasteiger partial charge in [0.05, 0.1) is 7.11 Å². The van der Waals surface area contributed by atoms with E-state index in [0.29, 0.717) is 5.69 Å². The van der Waals surface area contributed by atoms with Crippen molar-refractivity contribution in [1.29, 1.82) is 0 Å². The van der Waals surface area contributed by atoms with Crippen molar-refractivity contribution < 1.29 is 9.53 Å². The number of esters is 1. The summed E-state index contributed by atoms with van der Waals surface area (Å²) in [6.45, 7) is 0.719. The summed E-state index contributed by atoms with van der Waals surface area (Å²) >= 11 is 0. The number of aromatic nitrogens is 1. The number of nitrogens with one attached hydrogen (secondary N) is 2. The van der Waals surface area contributed by atoms with E-state index in [-0.39, 0.29) is 5.97 Å². The Morgan fingerprint density at radius 3 is 3.00 bits per heavy atom. The summed E-state index contributed by atoms with van der Waals surface area (Å²) in [5, 5.41) is 2.97. The SMILES string of the molecule is CNCc1ccc(C(=O)OC)[nH]1. The van der Waals surface area contributed by atoms with Crippen molar-refractivity contribution in [3.05, 3.63) is 23.5 Å². The van der Waals surface area contributed by atoms with Gasteiger partial charge in [-0.2, -0.15) is 0 Å². The maximum atomic E-state index is 11.0. The van der Waals surface area contributed by atoms with E-state index in [1.54, 1.807) is 6.07 Å². The fourth-order valence-corrected chi connectivity index (χ4v) is 0.963. The summed E-state index contributed by atoms with van der Waals surface area (Å²) in [6, 6.07) is 3.56. The van der Waals surface area contributed by atoms with Crippen LogP contribution in [0.4, 0.5) is 0 Å². The van der Waals surface area contributed by atoms with Gasteiger partial charge in [-0.15, -0.1) is 0 Å². The molecule has 0 aromatic carbocycles. The first-order valence-electron chi connectivity index (χ1n) is 3.68. The number of rotatable bonds is 3. The monoisotopic (exact) mass is 168 g/mol. The van der Waals surface area contributed by atoms with Gasteiger partial charge in [0.1, 0.15) is 5.69 Å². The van der Waals surface area contributed by atoms with E-state index in [9.17, 15) is 4.79 Å². The minimum atomic E-state index is -0.336. The second-order valence-corrected chi connectivity index (χ2v) is 2.42. The van der Waals surface area contributed by atoms with E-state index in [1.165, 1.54) is 7.11 Å². The Kier molecular flexibility index (Phi) is 2.88. The van der Waals surface area contributed by atoms with E-state index >= 15 is 0 Å². The topological polar surface area (TPSA) is 54.1 Å². The lowest BCUT2D eigenvalue weighted by atomic mass is 10.4. The average Bonchev–Trinajstić information content (AvgIpc) is 2.52. The molecule has 0 aliphatic heterocycles. The highest BCUT2D eigenvalue weighted by Gasteiger charge is 2.06. The Bertz CT molecular complexity index is 268. The number of H-pyrrole nitrogens is 1. The molecule has 0 aliphatic carbocycles. The van der Waals surface area contributed by atoms with Crippen LogP contribution >= 0.6 is 0 Å². The van der Waals surface area contributed by atoms with Crippen molar-refractivity contribution in [2.45, 2.75) is 6.54 Å². The van der Waals surface area contributed by atoms with Crippen molar-refractivity contribution >= 4 is 5.97 Å². The molecule has 0 bridgehead atoms. The summed E-state index contributed by atoms with van der Waals surface area (Å²) in [4.78, 5) is 13.9. The summed E-state index contributed by atoms with van der Waals surface area (Å²) < 4.78 is 4.54. The fourth-order valence-electron chi connectivity index (χ4n) is 0.963. The zero-order valence-electron chi connectivity index (χ0n) is 7.18. The van der Waals surface area contributed by atoms with Gasteiger partial charge in [0.25, 0.3) is 0 Å². The highest BCUT2D eigenvalue weighted by molar-refractivity contribution is 5.87. The lowest BCUT2D eigenvalue weighted by Crippen LogP contribution is -2.06. The summed E-state index contributed by atoms with van der Waals surface area (Å²) in [6.07, 6.45) is 0. The Balaban J connectivity index is 2.70. The van der Waals surface area contributed by atoms with Crippen LogP contribution in [0.15, 0.2) is 12.1 Å². The lowest BCUT2D eigenvalue weighted by molar-refractivity contribution is 0.0594.